The van der Waals surface area contributed by atoms with E-state index in [2.05, 4.69) is 31.8 Å². The lowest BCUT2D eigenvalue weighted by Crippen LogP contribution is -2.36. The number of halogens is 1. The third-order valence-electron chi connectivity index (χ3n) is 3.21. The van der Waals surface area contributed by atoms with E-state index in [-0.39, 0.29) is 17.7 Å². The van der Waals surface area contributed by atoms with E-state index < -0.39 is 0 Å². The molecule has 0 unspecified atom stereocenters. The van der Waals surface area contributed by atoms with Crippen LogP contribution in [-0.4, -0.2) is 23.3 Å². The predicted molar refractivity (Wildman–Crippen MR) is 95.7 cm³/mol. The molecule has 0 aliphatic heterocycles. The molecule has 0 aromatic heterocycles. The van der Waals surface area contributed by atoms with Gasteiger partial charge in [-0.3, -0.25) is 4.79 Å². The fourth-order valence-electron chi connectivity index (χ4n) is 1.96. The van der Waals surface area contributed by atoms with Crippen LogP contribution in [0.1, 0.15) is 18.9 Å². The minimum Gasteiger partial charge on any atom is -0.507 e. The number of anilines is 1. The van der Waals surface area contributed by atoms with Gasteiger partial charge in [0.1, 0.15) is 11.8 Å². The molecule has 0 aliphatic rings. The molecule has 0 fully saturated rings. The van der Waals surface area contributed by atoms with Crippen LogP contribution in [0.25, 0.3) is 0 Å². The molecule has 2 aromatic rings. The zero-order valence-corrected chi connectivity index (χ0v) is 14.2. The molecule has 5 nitrogen and oxygen atoms in total. The van der Waals surface area contributed by atoms with E-state index in [4.69, 9.17) is 0 Å². The Morgan fingerprint density at radius 1 is 1.30 bits per heavy atom. The number of nitrogens with zero attached hydrogens (tertiary/aromatic N) is 1. The van der Waals surface area contributed by atoms with Gasteiger partial charge in [-0.15, -0.1) is 0 Å². The van der Waals surface area contributed by atoms with Crippen LogP contribution >= 0.6 is 15.9 Å². The number of hydrogen-bond acceptors (Lipinski definition) is 4. The Morgan fingerprint density at radius 3 is 2.74 bits per heavy atom. The number of aromatic hydroxyl groups is 1. The molecule has 0 heterocycles. The first kappa shape index (κ1) is 17.0. The van der Waals surface area contributed by atoms with E-state index in [0.29, 0.717) is 12.0 Å². The van der Waals surface area contributed by atoms with Crippen LogP contribution in [0.15, 0.2) is 58.1 Å². The van der Waals surface area contributed by atoms with Crippen molar-refractivity contribution in [2.45, 2.75) is 19.4 Å². The molecular weight excluding hydrogens is 358 g/mol. The molecule has 1 atom stereocenters. The molecule has 0 saturated heterocycles. The zero-order chi connectivity index (χ0) is 16.7. The van der Waals surface area contributed by atoms with Gasteiger partial charge < -0.3 is 10.4 Å². The topological polar surface area (TPSA) is 73.7 Å². The highest BCUT2D eigenvalue weighted by atomic mass is 79.9. The number of carbonyl (C=O) groups is 1. The second kappa shape index (κ2) is 8.33. The van der Waals surface area contributed by atoms with E-state index in [1.165, 1.54) is 6.21 Å². The Balaban J connectivity index is 1.97. The predicted octanol–water partition coefficient (Wildman–Crippen LogP) is 3.50. The van der Waals surface area contributed by atoms with Crippen LogP contribution in [0.4, 0.5) is 5.69 Å². The van der Waals surface area contributed by atoms with Crippen LogP contribution < -0.4 is 10.7 Å². The van der Waals surface area contributed by atoms with Crippen molar-refractivity contribution in [1.29, 1.82) is 0 Å². The fraction of sp³-hybridized carbons (Fsp3) is 0.176. The molecule has 3 N–H and O–H groups in total. The zero-order valence-electron chi connectivity index (χ0n) is 12.7. The monoisotopic (exact) mass is 375 g/mol. The van der Waals surface area contributed by atoms with Crippen molar-refractivity contribution in [2.75, 3.05) is 5.32 Å². The van der Waals surface area contributed by atoms with Gasteiger partial charge >= 0.3 is 0 Å². The highest BCUT2D eigenvalue weighted by molar-refractivity contribution is 9.10. The van der Waals surface area contributed by atoms with Crippen molar-refractivity contribution < 1.29 is 9.90 Å². The quantitative estimate of drug-likeness (QED) is 0.534. The summed E-state index contributed by atoms with van der Waals surface area (Å²) in [5.41, 5.74) is 3.89. The molecule has 6 heteroatoms. The molecule has 1 amide bonds. The van der Waals surface area contributed by atoms with Crippen LogP contribution in [0.2, 0.25) is 0 Å². The van der Waals surface area contributed by atoms with E-state index in [0.717, 1.165) is 10.2 Å². The van der Waals surface area contributed by atoms with Gasteiger partial charge in [-0.1, -0.05) is 41.1 Å². The number of carbonyl (C=O) groups excluding carboxylic acids is 1. The molecule has 120 valence electrons. The van der Waals surface area contributed by atoms with Crippen LogP contribution in [0, 0.1) is 0 Å². The van der Waals surface area contributed by atoms with Gasteiger partial charge in [0.15, 0.2) is 0 Å². The van der Waals surface area contributed by atoms with E-state index in [1.807, 2.05) is 37.3 Å². The normalized spacial score (nSPS) is 12.1. The number of phenolic OH excluding ortho intramolecular Hbond substituents is 1. The summed E-state index contributed by atoms with van der Waals surface area (Å²) in [4.78, 5) is 12.2. The molecule has 2 aromatic carbocycles. The minimum absolute atomic E-state index is 0.0978. The van der Waals surface area contributed by atoms with E-state index in [9.17, 15) is 9.90 Å². The molecule has 0 bridgehead atoms. The van der Waals surface area contributed by atoms with Gasteiger partial charge in [0, 0.05) is 15.7 Å². The third-order valence-corrected chi connectivity index (χ3v) is 3.70. The summed E-state index contributed by atoms with van der Waals surface area (Å²) in [7, 11) is 0. The van der Waals surface area contributed by atoms with Crippen LogP contribution in [-0.2, 0) is 4.79 Å². The lowest BCUT2D eigenvalue weighted by Gasteiger charge is -2.16. The Hall–Kier alpha value is -2.34. The van der Waals surface area contributed by atoms with Gasteiger partial charge in [-0.2, -0.15) is 5.10 Å². The Bertz CT molecular complexity index is 689. The second-order valence-corrected chi connectivity index (χ2v) is 5.82. The summed E-state index contributed by atoms with van der Waals surface area (Å²) in [6.45, 7) is 1.92. The van der Waals surface area contributed by atoms with Gasteiger partial charge in [0.25, 0.3) is 5.91 Å². The Labute approximate surface area is 143 Å². The smallest absolute Gasteiger partial charge is 0.262 e. The molecule has 2 rings (SSSR count). The molecule has 0 spiro atoms. The van der Waals surface area contributed by atoms with E-state index >= 15 is 0 Å². The highest BCUT2D eigenvalue weighted by Gasteiger charge is 2.15. The maximum Gasteiger partial charge on any atom is 0.262 e. The summed E-state index contributed by atoms with van der Waals surface area (Å²) in [5, 5.41) is 16.8. The van der Waals surface area contributed by atoms with Crippen molar-refractivity contribution >= 4 is 33.7 Å². The Morgan fingerprint density at radius 2 is 2.04 bits per heavy atom. The number of phenols is 1. The number of hydrogen-bond donors (Lipinski definition) is 3. The first-order valence-electron chi connectivity index (χ1n) is 7.23. The summed E-state index contributed by atoms with van der Waals surface area (Å²) >= 11 is 3.32. The molecular formula is C17H18BrN3O2. The summed E-state index contributed by atoms with van der Waals surface area (Å²) < 4.78 is 0.820. The minimum atomic E-state index is -0.384. The lowest BCUT2D eigenvalue weighted by atomic mass is 10.2. The maximum atomic E-state index is 12.2. The average Bonchev–Trinajstić information content (AvgIpc) is 2.56. The number of benzene rings is 2. The largest absolute Gasteiger partial charge is 0.507 e. The number of nitrogens with one attached hydrogen (secondary N) is 2. The van der Waals surface area contributed by atoms with Crippen molar-refractivity contribution in [2.24, 2.45) is 5.10 Å². The number of amides is 1. The average molecular weight is 376 g/mol. The first-order valence-corrected chi connectivity index (χ1v) is 8.02. The fourth-order valence-corrected chi connectivity index (χ4v) is 2.34. The van der Waals surface area contributed by atoms with Crippen LogP contribution in [0.3, 0.4) is 0 Å². The van der Waals surface area contributed by atoms with Crippen molar-refractivity contribution in [3.05, 3.63) is 58.6 Å². The lowest BCUT2D eigenvalue weighted by molar-refractivity contribution is -0.121. The molecule has 0 aliphatic carbocycles. The maximum absolute atomic E-state index is 12.2. The van der Waals surface area contributed by atoms with Gasteiger partial charge in [0.2, 0.25) is 0 Å². The summed E-state index contributed by atoms with van der Waals surface area (Å²) in [6, 6.07) is 14.1. The van der Waals surface area contributed by atoms with E-state index in [1.54, 1.807) is 18.2 Å². The Kier molecular flexibility index (Phi) is 6.17. The number of para-hydroxylation sites is 1. The molecule has 0 radical (unpaired) electrons. The number of hydrazone groups is 1. The SMILES string of the molecule is CC[C@@H](Nc1ccccc1)C(=O)N/N=C/c1cc(Br)ccc1O. The van der Waals surface area contributed by atoms with Gasteiger partial charge in [-0.25, -0.2) is 5.43 Å². The van der Waals surface area contributed by atoms with Gasteiger partial charge in [0.05, 0.1) is 6.21 Å². The van der Waals surface area contributed by atoms with Crippen molar-refractivity contribution in [3.63, 3.8) is 0 Å². The standard InChI is InChI=1S/C17H18BrN3O2/c1-2-15(20-14-6-4-3-5-7-14)17(23)21-19-11-12-10-13(18)8-9-16(12)22/h3-11,15,20,22H,2H2,1H3,(H,21,23)/b19-11+/t15-/m1/s1. The number of rotatable bonds is 6. The summed E-state index contributed by atoms with van der Waals surface area (Å²) in [5.74, 6) is -0.136. The highest BCUT2D eigenvalue weighted by Crippen LogP contribution is 2.19. The second-order valence-electron chi connectivity index (χ2n) is 4.91. The first-order chi connectivity index (χ1) is 11.1. The van der Waals surface area contributed by atoms with Crippen molar-refractivity contribution in [1.82, 2.24) is 5.43 Å². The third kappa shape index (κ3) is 5.10. The molecule has 0 saturated carbocycles. The van der Waals surface area contributed by atoms with Crippen molar-refractivity contribution in [3.8, 4) is 5.75 Å². The van der Waals surface area contributed by atoms with Crippen LogP contribution in [0.5, 0.6) is 5.75 Å². The van der Waals surface area contributed by atoms with Gasteiger partial charge in [-0.05, 0) is 36.8 Å². The molecule has 23 heavy (non-hydrogen) atoms. The summed E-state index contributed by atoms with van der Waals surface area (Å²) in [6.07, 6.45) is 2.03.